The van der Waals surface area contributed by atoms with Crippen LogP contribution in [0.3, 0.4) is 0 Å². The van der Waals surface area contributed by atoms with E-state index in [-0.39, 0.29) is 6.61 Å². The normalized spacial score (nSPS) is 10.2. The molecule has 19 heavy (non-hydrogen) atoms. The van der Waals surface area contributed by atoms with Crippen LogP contribution in [0.25, 0.3) is 6.08 Å². The molecule has 0 aromatic heterocycles. The van der Waals surface area contributed by atoms with Crippen LogP contribution >= 0.6 is 0 Å². The van der Waals surface area contributed by atoms with E-state index in [4.69, 9.17) is 14.2 Å². The van der Waals surface area contributed by atoms with E-state index < -0.39 is 5.97 Å². The molecular weight excluding hydrogens is 244 g/mol. The first-order valence-corrected chi connectivity index (χ1v) is 6.06. The van der Waals surface area contributed by atoms with Gasteiger partial charge >= 0.3 is 5.97 Å². The summed E-state index contributed by atoms with van der Waals surface area (Å²) < 4.78 is 15.3. The van der Waals surface area contributed by atoms with Gasteiger partial charge < -0.3 is 14.2 Å². The van der Waals surface area contributed by atoms with Gasteiger partial charge in [0.15, 0.2) is 0 Å². The van der Waals surface area contributed by atoms with Crippen LogP contribution in [0.1, 0.15) is 12.5 Å². The fourth-order valence-electron chi connectivity index (χ4n) is 1.26. The molecule has 1 aromatic carbocycles. The maximum Gasteiger partial charge on any atom is 0.330 e. The molecule has 1 rings (SSSR count). The highest BCUT2D eigenvalue weighted by Crippen LogP contribution is 2.13. The van der Waals surface area contributed by atoms with Crippen LogP contribution in [0.5, 0.6) is 5.75 Å². The van der Waals surface area contributed by atoms with Crippen molar-refractivity contribution in [1.82, 2.24) is 0 Å². The van der Waals surface area contributed by atoms with Gasteiger partial charge in [-0.15, -0.1) is 0 Å². The highest BCUT2D eigenvalue weighted by Gasteiger charge is 1.97. The molecule has 0 atom stereocenters. The Bertz CT molecular complexity index is 420. The molecule has 0 heterocycles. The van der Waals surface area contributed by atoms with Gasteiger partial charge in [0.25, 0.3) is 0 Å². The summed E-state index contributed by atoms with van der Waals surface area (Å²) in [4.78, 5) is 10.8. The van der Waals surface area contributed by atoms with E-state index in [1.807, 2.05) is 37.3 Å². The maximum atomic E-state index is 10.8. The number of hydrogen-bond acceptors (Lipinski definition) is 4. The number of esters is 1. The van der Waals surface area contributed by atoms with Crippen molar-refractivity contribution < 1.29 is 19.0 Å². The maximum absolute atomic E-state index is 10.8. The summed E-state index contributed by atoms with van der Waals surface area (Å²) in [6.45, 7) is 6.41. The zero-order valence-electron chi connectivity index (χ0n) is 11.0. The molecular formula is C15H18O4. The van der Waals surface area contributed by atoms with Gasteiger partial charge in [-0.25, -0.2) is 4.79 Å². The van der Waals surface area contributed by atoms with Crippen molar-refractivity contribution in [2.75, 3.05) is 19.8 Å². The van der Waals surface area contributed by atoms with Crippen molar-refractivity contribution in [2.45, 2.75) is 6.92 Å². The third-order valence-corrected chi connectivity index (χ3v) is 2.17. The van der Waals surface area contributed by atoms with Gasteiger partial charge in [-0.3, -0.25) is 0 Å². The second kappa shape index (κ2) is 8.80. The second-order valence-electron chi connectivity index (χ2n) is 3.55. The van der Waals surface area contributed by atoms with Crippen LogP contribution in [0.4, 0.5) is 0 Å². The number of ether oxygens (including phenoxy) is 3. The zero-order chi connectivity index (χ0) is 13.9. The molecule has 0 N–H and O–H groups in total. The molecule has 1 aromatic rings. The number of benzene rings is 1. The minimum absolute atomic E-state index is 0.205. The first-order valence-electron chi connectivity index (χ1n) is 6.06. The van der Waals surface area contributed by atoms with Crippen LogP contribution in [0.2, 0.25) is 0 Å². The summed E-state index contributed by atoms with van der Waals surface area (Å²) in [6, 6.07) is 7.53. The second-order valence-corrected chi connectivity index (χ2v) is 3.55. The quantitative estimate of drug-likeness (QED) is 0.313. The van der Waals surface area contributed by atoms with Crippen LogP contribution in [0, 0.1) is 0 Å². The number of hydrogen-bond donors (Lipinski definition) is 0. The third kappa shape index (κ3) is 6.31. The molecule has 0 unspecified atom stereocenters. The van der Waals surface area contributed by atoms with E-state index in [0.29, 0.717) is 13.2 Å². The Morgan fingerprint density at radius 2 is 2.00 bits per heavy atom. The fraction of sp³-hybridized carbons (Fsp3) is 0.267. The summed E-state index contributed by atoms with van der Waals surface area (Å²) in [5.74, 6) is 0.281. The van der Waals surface area contributed by atoms with E-state index in [1.54, 1.807) is 6.26 Å². The lowest BCUT2D eigenvalue weighted by atomic mass is 10.2. The van der Waals surface area contributed by atoms with Gasteiger partial charge in [0.05, 0.1) is 12.9 Å². The summed E-state index contributed by atoms with van der Waals surface area (Å²) in [7, 11) is 0. The van der Waals surface area contributed by atoms with E-state index in [2.05, 4.69) is 6.58 Å². The fourth-order valence-corrected chi connectivity index (χ4v) is 1.26. The van der Waals surface area contributed by atoms with Crippen molar-refractivity contribution in [2.24, 2.45) is 0 Å². The predicted molar refractivity (Wildman–Crippen MR) is 73.8 cm³/mol. The molecule has 0 saturated heterocycles. The van der Waals surface area contributed by atoms with Gasteiger partial charge in [0, 0.05) is 6.08 Å². The monoisotopic (exact) mass is 262 g/mol. The Labute approximate surface area is 113 Å². The Morgan fingerprint density at radius 1 is 1.26 bits per heavy atom. The molecule has 0 radical (unpaired) electrons. The lowest BCUT2D eigenvalue weighted by Crippen LogP contribution is -2.10. The molecule has 0 aliphatic rings. The minimum atomic E-state index is -0.444. The SMILES string of the molecule is C=CC(=O)OCCOc1ccc(C=COCC)cc1. The van der Waals surface area contributed by atoms with Gasteiger partial charge in [-0.05, 0) is 30.7 Å². The van der Waals surface area contributed by atoms with E-state index >= 15 is 0 Å². The average Bonchev–Trinajstić information content (AvgIpc) is 2.45. The first kappa shape index (κ1) is 14.8. The number of rotatable bonds is 8. The van der Waals surface area contributed by atoms with Gasteiger partial charge in [-0.2, -0.15) is 0 Å². The summed E-state index contributed by atoms with van der Waals surface area (Å²) >= 11 is 0. The van der Waals surface area contributed by atoms with E-state index in [1.165, 1.54) is 0 Å². The van der Waals surface area contributed by atoms with Crippen molar-refractivity contribution in [3.63, 3.8) is 0 Å². The van der Waals surface area contributed by atoms with Crippen LogP contribution in [0.15, 0.2) is 43.2 Å². The number of carbonyl (C=O) groups excluding carboxylic acids is 1. The molecule has 0 bridgehead atoms. The van der Waals surface area contributed by atoms with Gasteiger partial charge in [0.2, 0.25) is 0 Å². The molecule has 4 nitrogen and oxygen atoms in total. The predicted octanol–water partition coefficient (Wildman–Crippen LogP) is 2.80. The molecule has 4 heteroatoms. The standard InChI is InChI=1S/C15H18O4/c1-3-15(16)19-12-11-18-14-7-5-13(6-8-14)9-10-17-4-2/h3,5-10H,1,4,11-12H2,2H3. The van der Waals surface area contributed by atoms with E-state index in [9.17, 15) is 4.79 Å². The Morgan fingerprint density at radius 3 is 2.63 bits per heavy atom. The van der Waals surface area contributed by atoms with Gasteiger partial charge in [0.1, 0.15) is 19.0 Å². The lowest BCUT2D eigenvalue weighted by Gasteiger charge is -2.06. The molecule has 0 aliphatic carbocycles. The average molecular weight is 262 g/mol. The topological polar surface area (TPSA) is 44.8 Å². The van der Waals surface area contributed by atoms with Crippen LogP contribution in [-0.2, 0) is 14.3 Å². The molecule has 0 amide bonds. The summed E-state index contributed by atoms with van der Waals surface area (Å²) in [6.07, 6.45) is 4.66. The summed E-state index contributed by atoms with van der Waals surface area (Å²) in [5, 5.41) is 0. The largest absolute Gasteiger partial charge is 0.501 e. The van der Waals surface area contributed by atoms with Crippen molar-refractivity contribution in [3.05, 3.63) is 48.7 Å². The Hall–Kier alpha value is -2.23. The Kier molecular flexibility index (Phi) is 6.87. The summed E-state index contributed by atoms with van der Waals surface area (Å²) in [5.41, 5.74) is 1.03. The molecule has 0 aliphatic heterocycles. The van der Waals surface area contributed by atoms with Crippen molar-refractivity contribution in [3.8, 4) is 5.75 Å². The zero-order valence-corrected chi connectivity index (χ0v) is 11.0. The van der Waals surface area contributed by atoms with Crippen LogP contribution in [-0.4, -0.2) is 25.8 Å². The molecule has 0 saturated carbocycles. The first-order chi connectivity index (χ1) is 9.26. The van der Waals surface area contributed by atoms with Gasteiger partial charge in [-0.1, -0.05) is 18.7 Å². The lowest BCUT2D eigenvalue weighted by molar-refractivity contribution is -0.138. The van der Waals surface area contributed by atoms with Crippen LogP contribution < -0.4 is 4.74 Å². The van der Waals surface area contributed by atoms with Crippen molar-refractivity contribution in [1.29, 1.82) is 0 Å². The Balaban J connectivity index is 2.32. The molecule has 0 fully saturated rings. The highest BCUT2D eigenvalue weighted by molar-refractivity contribution is 5.81. The minimum Gasteiger partial charge on any atom is -0.501 e. The smallest absolute Gasteiger partial charge is 0.330 e. The highest BCUT2D eigenvalue weighted by atomic mass is 16.6. The van der Waals surface area contributed by atoms with Crippen molar-refractivity contribution >= 4 is 12.0 Å². The molecule has 102 valence electrons. The third-order valence-electron chi connectivity index (χ3n) is 2.17. The van der Waals surface area contributed by atoms with E-state index in [0.717, 1.165) is 17.4 Å². The molecule has 0 spiro atoms. The number of carbonyl (C=O) groups is 1.